The van der Waals surface area contributed by atoms with Gasteiger partial charge in [0.2, 0.25) is 0 Å². The van der Waals surface area contributed by atoms with Gasteiger partial charge in [0.1, 0.15) is 6.17 Å². The molecule has 3 aliphatic rings. The van der Waals surface area contributed by atoms with Gasteiger partial charge in [-0.05, 0) is 80.8 Å². The smallest absolute Gasteiger partial charge is 0.127 e. The van der Waals surface area contributed by atoms with Crippen LogP contribution >= 0.6 is 0 Å². The zero-order valence-electron chi connectivity index (χ0n) is 19.1. The summed E-state index contributed by atoms with van der Waals surface area (Å²) in [6.07, 6.45) is 15.1. The summed E-state index contributed by atoms with van der Waals surface area (Å²) in [7, 11) is 0. The Hall–Kier alpha value is -1.45. The minimum absolute atomic E-state index is 0.160. The number of alkyl halides is 1. The lowest BCUT2D eigenvalue weighted by atomic mass is 9.62. The van der Waals surface area contributed by atoms with Crippen molar-refractivity contribution in [1.82, 2.24) is 0 Å². The van der Waals surface area contributed by atoms with Crippen molar-refractivity contribution in [3.05, 3.63) is 59.3 Å². The van der Waals surface area contributed by atoms with Gasteiger partial charge in [-0.1, -0.05) is 62.0 Å². The molecular weight excluding hydrogens is 375 g/mol. The summed E-state index contributed by atoms with van der Waals surface area (Å²) in [5.74, 6) is 0.854. The molecule has 0 radical (unpaired) electrons. The molecule has 0 aromatic heterocycles. The molecule has 5 unspecified atom stereocenters. The molecule has 30 heavy (non-hydrogen) atoms. The molecule has 3 rings (SSSR count). The molecule has 0 aromatic rings. The number of hydrogen-bond donors (Lipinski definition) is 2. The van der Waals surface area contributed by atoms with Crippen molar-refractivity contribution in [2.24, 2.45) is 17.3 Å². The normalized spacial score (nSPS) is 36.4. The van der Waals surface area contributed by atoms with E-state index in [4.69, 9.17) is 0 Å². The highest BCUT2D eigenvalue weighted by Gasteiger charge is 2.45. The Balaban J connectivity index is 1.76. The van der Waals surface area contributed by atoms with E-state index >= 15 is 0 Å². The maximum atomic E-state index is 14.1. The van der Waals surface area contributed by atoms with Crippen LogP contribution < -0.4 is 0 Å². The van der Waals surface area contributed by atoms with Gasteiger partial charge in [0, 0.05) is 6.42 Å². The summed E-state index contributed by atoms with van der Waals surface area (Å²) >= 11 is 0. The van der Waals surface area contributed by atoms with Crippen LogP contribution in [0.15, 0.2) is 59.3 Å². The van der Waals surface area contributed by atoms with Gasteiger partial charge in [-0.25, -0.2) is 4.39 Å². The van der Waals surface area contributed by atoms with E-state index in [0.717, 1.165) is 24.8 Å². The SMILES string of the molecule is C=C1/C(=C\C=C2/CCCC3(C)C(C(C)/C=C/CC(C)(C)O)=CCC23)CC(O)CC1F. The fourth-order valence-corrected chi connectivity index (χ4v) is 5.66. The summed E-state index contributed by atoms with van der Waals surface area (Å²) in [5, 5.41) is 19.9. The Labute approximate surface area is 182 Å². The molecule has 166 valence electrons. The van der Waals surface area contributed by atoms with Crippen LogP contribution in [0.25, 0.3) is 0 Å². The number of rotatable bonds is 5. The van der Waals surface area contributed by atoms with Crippen molar-refractivity contribution >= 4 is 0 Å². The predicted molar refractivity (Wildman–Crippen MR) is 123 cm³/mol. The van der Waals surface area contributed by atoms with Crippen molar-refractivity contribution in [2.75, 3.05) is 0 Å². The molecule has 0 aliphatic heterocycles. The third-order valence-electron chi connectivity index (χ3n) is 7.37. The third kappa shape index (κ3) is 5.06. The standard InChI is InChI=1S/C27H39FO2/c1-18(8-6-14-26(3,4)30)23-12-13-24-20(9-7-15-27(23,24)5)10-11-21-16-22(29)17-25(28)19(21)2/h6,8,10-12,18,22,24-25,29-30H,2,7,9,13-17H2,1,3-5H3/b8-6+,20-10+,21-11-. The molecule has 0 amide bonds. The van der Waals surface area contributed by atoms with Gasteiger partial charge in [0.15, 0.2) is 0 Å². The molecule has 0 aromatic carbocycles. The summed E-state index contributed by atoms with van der Waals surface area (Å²) in [6.45, 7) is 12.3. The van der Waals surface area contributed by atoms with Gasteiger partial charge < -0.3 is 10.2 Å². The Bertz CT molecular complexity index is 779. The molecule has 0 saturated heterocycles. The highest BCUT2D eigenvalue weighted by atomic mass is 19.1. The first kappa shape index (κ1) is 23.2. The first-order chi connectivity index (χ1) is 14.0. The lowest BCUT2D eigenvalue weighted by molar-refractivity contribution is 0.0837. The zero-order valence-corrected chi connectivity index (χ0v) is 19.1. The molecule has 0 heterocycles. The topological polar surface area (TPSA) is 40.5 Å². The van der Waals surface area contributed by atoms with E-state index in [9.17, 15) is 14.6 Å². The number of aliphatic hydroxyl groups excluding tert-OH is 1. The van der Waals surface area contributed by atoms with Crippen LogP contribution in [0.3, 0.4) is 0 Å². The van der Waals surface area contributed by atoms with Crippen LogP contribution in [-0.4, -0.2) is 28.1 Å². The maximum Gasteiger partial charge on any atom is 0.127 e. The molecule has 2 fully saturated rings. The second kappa shape index (κ2) is 8.96. The number of fused-ring (bicyclic) bond motifs is 1. The molecule has 2 nitrogen and oxygen atoms in total. The minimum atomic E-state index is -1.13. The van der Waals surface area contributed by atoms with Crippen molar-refractivity contribution in [3.63, 3.8) is 0 Å². The van der Waals surface area contributed by atoms with E-state index in [1.54, 1.807) is 0 Å². The summed E-state index contributed by atoms with van der Waals surface area (Å²) < 4.78 is 14.1. The van der Waals surface area contributed by atoms with E-state index in [1.165, 1.54) is 17.6 Å². The van der Waals surface area contributed by atoms with Gasteiger partial charge in [-0.2, -0.15) is 0 Å². The quantitative estimate of drug-likeness (QED) is 0.513. The van der Waals surface area contributed by atoms with Crippen LogP contribution in [0.1, 0.15) is 72.6 Å². The zero-order chi connectivity index (χ0) is 22.1. The minimum Gasteiger partial charge on any atom is -0.393 e. The van der Waals surface area contributed by atoms with Crippen molar-refractivity contribution < 1.29 is 14.6 Å². The molecular formula is C27H39FO2. The molecule has 5 atom stereocenters. The second-order valence-electron chi connectivity index (χ2n) is 10.5. The van der Waals surface area contributed by atoms with Gasteiger partial charge >= 0.3 is 0 Å². The Morgan fingerprint density at radius 2 is 2.10 bits per heavy atom. The van der Waals surface area contributed by atoms with Crippen LogP contribution in [0.5, 0.6) is 0 Å². The number of allylic oxidation sites excluding steroid dienone is 7. The Kier molecular flexibility index (Phi) is 6.94. The van der Waals surface area contributed by atoms with Crippen LogP contribution in [0, 0.1) is 17.3 Å². The summed E-state index contributed by atoms with van der Waals surface area (Å²) in [6, 6.07) is 0. The first-order valence-electron chi connectivity index (χ1n) is 11.5. The lowest BCUT2D eigenvalue weighted by Gasteiger charge is -2.42. The van der Waals surface area contributed by atoms with E-state index in [0.29, 0.717) is 30.3 Å². The average molecular weight is 415 g/mol. The van der Waals surface area contributed by atoms with E-state index < -0.39 is 17.9 Å². The van der Waals surface area contributed by atoms with Gasteiger partial charge in [-0.3, -0.25) is 0 Å². The van der Waals surface area contributed by atoms with Crippen molar-refractivity contribution in [2.45, 2.75) is 90.5 Å². The van der Waals surface area contributed by atoms with Gasteiger partial charge in [0.25, 0.3) is 0 Å². The molecule has 3 heteroatoms. The summed E-state index contributed by atoms with van der Waals surface area (Å²) in [5.41, 5.74) is 3.84. The Morgan fingerprint density at radius 3 is 2.80 bits per heavy atom. The molecule has 2 saturated carbocycles. The van der Waals surface area contributed by atoms with Crippen molar-refractivity contribution in [3.8, 4) is 0 Å². The number of hydrogen-bond acceptors (Lipinski definition) is 2. The third-order valence-corrected chi connectivity index (χ3v) is 7.37. The van der Waals surface area contributed by atoms with Crippen molar-refractivity contribution in [1.29, 1.82) is 0 Å². The first-order valence-corrected chi connectivity index (χ1v) is 11.5. The highest BCUT2D eigenvalue weighted by Crippen LogP contribution is 2.56. The van der Waals surface area contributed by atoms with Crippen LogP contribution in [0.4, 0.5) is 4.39 Å². The lowest BCUT2D eigenvalue weighted by Crippen LogP contribution is -2.32. The fraction of sp³-hybridized carbons (Fsp3) is 0.630. The maximum absolute atomic E-state index is 14.1. The number of halogens is 1. The molecule has 0 spiro atoms. The Morgan fingerprint density at radius 1 is 1.37 bits per heavy atom. The highest BCUT2D eigenvalue weighted by molar-refractivity contribution is 5.40. The van der Waals surface area contributed by atoms with E-state index in [1.807, 2.05) is 19.9 Å². The van der Waals surface area contributed by atoms with E-state index in [-0.39, 0.29) is 11.8 Å². The second-order valence-corrected chi connectivity index (χ2v) is 10.5. The summed E-state index contributed by atoms with van der Waals surface area (Å²) in [4.78, 5) is 0. The predicted octanol–water partition coefficient (Wildman–Crippen LogP) is 6.38. The number of aliphatic hydroxyl groups is 2. The molecule has 3 aliphatic carbocycles. The van der Waals surface area contributed by atoms with Crippen LogP contribution in [-0.2, 0) is 0 Å². The van der Waals surface area contributed by atoms with Gasteiger partial charge in [-0.15, -0.1) is 0 Å². The largest absolute Gasteiger partial charge is 0.393 e. The fourth-order valence-electron chi connectivity index (χ4n) is 5.66. The van der Waals surface area contributed by atoms with Crippen LogP contribution in [0.2, 0.25) is 0 Å². The molecule has 2 N–H and O–H groups in total. The average Bonchev–Trinajstić information content (AvgIpc) is 3.00. The van der Waals surface area contributed by atoms with Gasteiger partial charge in [0.05, 0.1) is 11.7 Å². The van der Waals surface area contributed by atoms with E-state index in [2.05, 4.69) is 44.7 Å². The monoisotopic (exact) mass is 414 g/mol. The molecule has 0 bridgehead atoms.